The van der Waals surface area contributed by atoms with Gasteiger partial charge >= 0.3 is 0 Å². The molecule has 0 aliphatic carbocycles. The highest BCUT2D eigenvalue weighted by Gasteiger charge is 2.02. The highest BCUT2D eigenvalue weighted by molar-refractivity contribution is 6.17. The zero-order chi connectivity index (χ0) is 13.9. The Bertz CT molecular complexity index is 367. The maximum atomic E-state index is 11.5. The van der Waals surface area contributed by atoms with Crippen molar-refractivity contribution in [1.82, 2.24) is 0 Å². The maximum Gasteiger partial charge on any atom is 0.226 e. The van der Waals surface area contributed by atoms with Crippen LogP contribution in [-0.4, -0.2) is 31.6 Å². The number of hydrogen-bond donors (Lipinski definition) is 1. The fourth-order valence-corrected chi connectivity index (χ4v) is 1.52. The minimum absolute atomic E-state index is 0.0516. The molecule has 0 aliphatic heterocycles. The van der Waals surface area contributed by atoms with Gasteiger partial charge in [-0.2, -0.15) is 0 Å². The van der Waals surface area contributed by atoms with Gasteiger partial charge in [0.05, 0.1) is 19.6 Å². The Hall–Kier alpha value is -1.26. The third-order valence-electron chi connectivity index (χ3n) is 2.36. The second-order valence-corrected chi connectivity index (χ2v) is 4.29. The molecule has 0 atom stereocenters. The number of halogens is 1. The molecule has 0 saturated carbocycles. The Labute approximate surface area is 119 Å². The van der Waals surface area contributed by atoms with Gasteiger partial charge in [-0.05, 0) is 37.6 Å². The standard InChI is InChI=1S/C14H20ClNO3/c1-2-18-11-8-14(17)16-12-4-6-13(7-5-12)19-10-3-9-15/h4-7H,2-3,8-11H2,1H3,(H,16,17). The third-order valence-corrected chi connectivity index (χ3v) is 2.63. The third kappa shape index (κ3) is 7.03. The number of carbonyl (C=O) groups excluding carboxylic acids is 1. The van der Waals surface area contributed by atoms with Crippen molar-refractivity contribution in [3.63, 3.8) is 0 Å². The van der Waals surface area contributed by atoms with Gasteiger partial charge in [0.15, 0.2) is 0 Å². The summed E-state index contributed by atoms with van der Waals surface area (Å²) in [5, 5.41) is 2.80. The normalized spacial score (nSPS) is 10.2. The van der Waals surface area contributed by atoms with Gasteiger partial charge in [-0.15, -0.1) is 11.6 Å². The van der Waals surface area contributed by atoms with Crippen LogP contribution >= 0.6 is 11.6 Å². The average Bonchev–Trinajstić information content (AvgIpc) is 2.41. The van der Waals surface area contributed by atoms with Gasteiger partial charge in [-0.25, -0.2) is 0 Å². The monoisotopic (exact) mass is 285 g/mol. The van der Waals surface area contributed by atoms with Gasteiger partial charge in [-0.1, -0.05) is 0 Å². The van der Waals surface area contributed by atoms with E-state index in [2.05, 4.69) is 5.32 Å². The predicted octanol–water partition coefficient (Wildman–Crippen LogP) is 3.06. The summed E-state index contributed by atoms with van der Waals surface area (Å²) in [7, 11) is 0. The van der Waals surface area contributed by atoms with Crippen LogP contribution in [0.1, 0.15) is 19.8 Å². The summed E-state index contributed by atoms with van der Waals surface area (Å²) in [5.74, 6) is 1.32. The summed E-state index contributed by atoms with van der Waals surface area (Å²) in [6.45, 7) is 3.58. The first-order chi connectivity index (χ1) is 9.26. The molecule has 0 spiro atoms. The molecule has 0 radical (unpaired) electrons. The topological polar surface area (TPSA) is 47.6 Å². The van der Waals surface area contributed by atoms with E-state index in [9.17, 15) is 4.79 Å². The van der Waals surface area contributed by atoms with E-state index in [4.69, 9.17) is 21.1 Å². The zero-order valence-electron chi connectivity index (χ0n) is 11.2. The zero-order valence-corrected chi connectivity index (χ0v) is 11.9. The number of carbonyl (C=O) groups is 1. The molecule has 1 rings (SSSR count). The van der Waals surface area contributed by atoms with E-state index >= 15 is 0 Å². The first-order valence-electron chi connectivity index (χ1n) is 6.42. The van der Waals surface area contributed by atoms with E-state index in [0.29, 0.717) is 32.1 Å². The molecule has 1 N–H and O–H groups in total. The molecule has 4 nitrogen and oxygen atoms in total. The first kappa shape index (κ1) is 15.8. The van der Waals surface area contributed by atoms with Gasteiger partial charge in [0.25, 0.3) is 0 Å². The molecular formula is C14H20ClNO3. The lowest BCUT2D eigenvalue weighted by Gasteiger charge is -2.08. The maximum absolute atomic E-state index is 11.5. The minimum atomic E-state index is -0.0516. The molecule has 0 bridgehead atoms. The molecule has 0 aromatic heterocycles. The summed E-state index contributed by atoms with van der Waals surface area (Å²) in [6, 6.07) is 7.28. The Morgan fingerprint density at radius 1 is 1.26 bits per heavy atom. The number of amides is 1. The van der Waals surface area contributed by atoms with Crippen molar-refractivity contribution in [2.24, 2.45) is 0 Å². The van der Waals surface area contributed by atoms with E-state index in [1.807, 2.05) is 31.2 Å². The van der Waals surface area contributed by atoms with E-state index in [1.54, 1.807) is 0 Å². The number of hydrogen-bond acceptors (Lipinski definition) is 3. The number of nitrogens with one attached hydrogen (secondary N) is 1. The van der Waals surface area contributed by atoms with Crippen molar-refractivity contribution in [3.8, 4) is 5.75 Å². The number of benzene rings is 1. The SMILES string of the molecule is CCOCCC(=O)Nc1ccc(OCCCCl)cc1. The number of rotatable bonds is 9. The Kier molecular flexibility index (Phi) is 8.02. The molecular weight excluding hydrogens is 266 g/mol. The largest absolute Gasteiger partial charge is 0.494 e. The molecule has 0 fully saturated rings. The van der Waals surface area contributed by atoms with Crippen LogP contribution in [0.3, 0.4) is 0 Å². The second-order valence-electron chi connectivity index (χ2n) is 3.91. The van der Waals surface area contributed by atoms with Crippen molar-refractivity contribution in [1.29, 1.82) is 0 Å². The molecule has 5 heteroatoms. The lowest BCUT2D eigenvalue weighted by atomic mass is 10.3. The fourth-order valence-electron chi connectivity index (χ4n) is 1.41. The van der Waals surface area contributed by atoms with E-state index in [1.165, 1.54) is 0 Å². The van der Waals surface area contributed by atoms with Crippen molar-refractivity contribution < 1.29 is 14.3 Å². The average molecular weight is 286 g/mol. The van der Waals surface area contributed by atoms with Crippen LogP contribution in [0.2, 0.25) is 0 Å². The van der Waals surface area contributed by atoms with Gasteiger partial charge in [-0.3, -0.25) is 4.79 Å². The smallest absolute Gasteiger partial charge is 0.226 e. The van der Waals surface area contributed by atoms with Crippen molar-refractivity contribution in [3.05, 3.63) is 24.3 Å². The van der Waals surface area contributed by atoms with Crippen LogP contribution in [0.15, 0.2) is 24.3 Å². The summed E-state index contributed by atoms with van der Waals surface area (Å²) < 4.78 is 10.6. The van der Waals surface area contributed by atoms with Gasteiger partial charge < -0.3 is 14.8 Å². The van der Waals surface area contributed by atoms with Crippen LogP contribution in [0.25, 0.3) is 0 Å². The predicted molar refractivity (Wildman–Crippen MR) is 77.0 cm³/mol. The first-order valence-corrected chi connectivity index (χ1v) is 6.96. The van der Waals surface area contributed by atoms with Crippen molar-refractivity contribution in [2.45, 2.75) is 19.8 Å². The lowest BCUT2D eigenvalue weighted by molar-refractivity contribution is -0.117. The van der Waals surface area contributed by atoms with Crippen LogP contribution < -0.4 is 10.1 Å². The minimum Gasteiger partial charge on any atom is -0.494 e. The van der Waals surface area contributed by atoms with Crippen molar-refractivity contribution >= 4 is 23.2 Å². The van der Waals surface area contributed by atoms with Crippen LogP contribution in [-0.2, 0) is 9.53 Å². The molecule has 106 valence electrons. The van der Waals surface area contributed by atoms with Gasteiger partial charge in [0.2, 0.25) is 5.91 Å². The highest BCUT2D eigenvalue weighted by atomic mass is 35.5. The van der Waals surface area contributed by atoms with E-state index < -0.39 is 0 Å². The molecule has 1 amide bonds. The second kappa shape index (κ2) is 9.64. The summed E-state index contributed by atoms with van der Waals surface area (Å²) in [5.41, 5.74) is 0.756. The Balaban J connectivity index is 2.32. The molecule has 1 aromatic carbocycles. The Morgan fingerprint density at radius 2 is 2.00 bits per heavy atom. The molecule has 1 aromatic rings. The molecule has 0 heterocycles. The molecule has 0 aliphatic rings. The van der Waals surface area contributed by atoms with Gasteiger partial charge in [0, 0.05) is 18.2 Å². The number of alkyl halides is 1. The van der Waals surface area contributed by atoms with E-state index in [0.717, 1.165) is 17.9 Å². The lowest BCUT2D eigenvalue weighted by Crippen LogP contribution is -2.14. The Morgan fingerprint density at radius 3 is 2.63 bits per heavy atom. The van der Waals surface area contributed by atoms with Crippen LogP contribution in [0, 0.1) is 0 Å². The summed E-state index contributed by atoms with van der Waals surface area (Å²) in [4.78, 5) is 11.5. The van der Waals surface area contributed by atoms with E-state index in [-0.39, 0.29) is 5.91 Å². The summed E-state index contributed by atoms with van der Waals surface area (Å²) >= 11 is 5.56. The number of anilines is 1. The summed E-state index contributed by atoms with van der Waals surface area (Å²) in [6.07, 6.45) is 1.18. The van der Waals surface area contributed by atoms with Crippen molar-refractivity contribution in [2.75, 3.05) is 31.0 Å². The van der Waals surface area contributed by atoms with Gasteiger partial charge in [0.1, 0.15) is 5.75 Å². The van der Waals surface area contributed by atoms with Crippen LogP contribution in [0.5, 0.6) is 5.75 Å². The molecule has 0 saturated heterocycles. The molecule has 0 unspecified atom stereocenters. The molecule has 19 heavy (non-hydrogen) atoms. The number of ether oxygens (including phenoxy) is 2. The van der Waals surface area contributed by atoms with Crippen LogP contribution in [0.4, 0.5) is 5.69 Å². The fraction of sp³-hybridized carbons (Fsp3) is 0.500. The quantitative estimate of drug-likeness (QED) is 0.560. The highest BCUT2D eigenvalue weighted by Crippen LogP contribution is 2.16.